The lowest BCUT2D eigenvalue weighted by molar-refractivity contribution is -0.207. The number of aromatic nitrogens is 5. The number of alkyl halides is 2. The van der Waals surface area contributed by atoms with Crippen molar-refractivity contribution in [3.63, 3.8) is 0 Å². The van der Waals surface area contributed by atoms with Crippen molar-refractivity contribution in [1.82, 2.24) is 25.2 Å². The van der Waals surface area contributed by atoms with Crippen molar-refractivity contribution < 1.29 is 27.8 Å². The molecule has 1 aliphatic carbocycles. The first kappa shape index (κ1) is 31.7. The first-order valence-corrected chi connectivity index (χ1v) is 15.7. The fourth-order valence-corrected chi connectivity index (χ4v) is 6.28. The average molecular weight is 660 g/mol. The molecule has 1 saturated carbocycles. The Morgan fingerprint density at radius 3 is 1.98 bits per heavy atom. The van der Waals surface area contributed by atoms with E-state index in [0.29, 0.717) is 17.5 Å². The Labute approximate surface area is 274 Å². The van der Waals surface area contributed by atoms with Crippen LogP contribution in [0.5, 0.6) is 0 Å². The number of halogens is 4. The number of anilines is 2. The maximum Gasteiger partial charge on any atom is 0.323 e. The largest absolute Gasteiger partial charge is 0.388 e. The number of piperazine rings is 1. The second-order valence-corrected chi connectivity index (χ2v) is 12.4. The molecule has 0 bridgehead atoms. The van der Waals surface area contributed by atoms with Gasteiger partial charge in [-0.2, -0.15) is 8.78 Å². The van der Waals surface area contributed by atoms with E-state index in [4.69, 9.17) is 0 Å². The predicted molar refractivity (Wildman–Crippen MR) is 170 cm³/mol. The van der Waals surface area contributed by atoms with Gasteiger partial charge in [-0.25, -0.2) is 13.5 Å². The number of benzene rings is 3. The number of hydrogen-bond acceptors (Lipinski definition) is 8. The summed E-state index contributed by atoms with van der Waals surface area (Å²) in [5.41, 5.74) is -0.382. The van der Waals surface area contributed by atoms with Crippen LogP contribution < -0.4 is 9.80 Å². The van der Waals surface area contributed by atoms with Crippen molar-refractivity contribution in [2.24, 2.45) is 5.92 Å². The Bertz CT molecular complexity index is 1850. The molecule has 0 radical (unpaired) electrons. The van der Waals surface area contributed by atoms with Crippen LogP contribution in [0, 0.1) is 17.6 Å². The molecule has 1 aliphatic heterocycles. The van der Waals surface area contributed by atoms with Crippen LogP contribution in [-0.4, -0.2) is 61.6 Å². The van der Waals surface area contributed by atoms with Crippen LogP contribution in [0.25, 0.3) is 11.1 Å². The topological polar surface area (TPSA) is 103 Å². The van der Waals surface area contributed by atoms with Gasteiger partial charge in [0.2, 0.25) is 0 Å². The molecule has 0 amide bonds. The standard InChI is InChI=1S/C35H33F4N7O2/c36-27-8-13-30(31(37)19-27)34(48,21-46-22-41-42-43-46)35(38,39)32-14-7-26(20-40-32)23-3-9-28(10-4-23)44-15-17-45(18-16-44)29-11-5-25(6-12-29)33(47)24-1-2-24/h3-14,19-20,22,24,33,47-48H,1-2,15-18,21H2/t33?,34-/m0/s1. The van der Waals surface area contributed by atoms with E-state index >= 15 is 8.78 Å². The molecule has 0 spiro atoms. The zero-order valence-electron chi connectivity index (χ0n) is 25.8. The normalized spacial score (nSPS) is 17.3. The van der Waals surface area contributed by atoms with Crippen molar-refractivity contribution in [2.45, 2.75) is 37.0 Å². The zero-order chi connectivity index (χ0) is 33.5. The minimum Gasteiger partial charge on any atom is -0.388 e. The highest BCUT2D eigenvalue weighted by atomic mass is 19.3. The number of pyridine rings is 1. The van der Waals surface area contributed by atoms with E-state index in [1.54, 1.807) is 0 Å². The fourth-order valence-electron chi connectivity index (χ4n) is 6.28. The van der Waals surface area contributed by atoms with Crippen molar-refractivity contribution in [3.05, 3.63) is 120 Å². The third-order valence-corrected chi connectivity index (χ3v) is 9.28. The summed E-state index contributed by atoms with van der Waals surface area (Å²) in [6, 6.07) is 20.5. The molecule has 2 N–H and O–H groups in total. The van der Waals surface area contributed by atoms with Gasteiger partial charge in [-0.3, -0.25) is 4.98 Å². The maximum atomic E-state index is 16.1. The first-order chi connectivity index (χ1) is 23.1. The summed E-state index contributed by atoms with van der Waals surface area (Å²) in [4.78, 5) is 8.59. The number of nitrogens with zero attached hydrogens (tertiary/aromatic N) is 7. The number of aliphatic hydroxyl groups is 2. The van der Waals surface area contributed by atoms with Crippen LogP contribution in [0.15, 0.2) is 91.4 Å². The van der Waals surface area contributed by atoms with Crippen LogP contribution in [0.3, 0.4) is 0 Å². The Balaban J connectivity index is 1.03. The minimum atomic E-state index is -4.14. The minimum absolute atomic E-state index is 0.374. The molecule has 3 heterocycles. The predicted octanol–water partition coefficient (Wildman–Crippen LogP) is 5.46. The molecule has 1 saturated heterocycles. The highest BCUT2D eigenvalue weighted by Crippen LogP contribution is 2.47. The summed E-state index contributed by atoms with van der Waals surface area (Å²) >= 11 is 0. The summed E-state index contributed by atoms with van der Waals surface area (Å²) < 4.78 is 61.5. The molecule has 5 aromatic rings. The van der Waals surface area contributed by atoms with Gasteiger partial charge < -0.3 is 20.0 Å². The number of hydrogen-bond donors (Lipinski definition) is 2. The molecule has 9 nitrogen and oxygen atoms in total. The third-order valence-electron chi connectivity index (χ3n) is 9.28. The van der Waals surface area contributed by atoms with Gasteiger partial charge in [0.25, 0.3) is 0 Å². The molecule has 48 heavy (non-hydrogen) atoms. The van der Waals surface area contributed by atoms with E-state index in [9.17, 15) is 19.0 Å². The molecule has 7 rings (SSSR count). The Hall–Kier alpha value is -4.88. The zero-order valence-corrected chi connectivity index (χ0v) is 25.8. The third kappa shape index (κ3) is 6.11. The van der Waals surface area contributed by atoms with E-state index in [2.05, 4.69) is 42.4 Å². The maximum absolute atomic E-state index is 16.1. The molecule has 1 unspecified atom stereocenters. The van der Waals surface area contributed by atoms with Crippen LogP contribution in [0.1, 0.15) is 35.8 Å². The van der Waals surface area contributed by atoms with Crippen molar-refractivity contribution in [2.75, 3.05) is 36.0 Å². The lowest BCUT2D eigenvalue weighted by Gasteiger charge is -2.37. The summed E-state index contributed by atoms with van der Waals surface area (Å²) in [6.07, 6.45) is 4.08. The van der Waals surface area contributed by atoms with E-state index in [1.807, 2.05) is 36.4 Å². The Morgan fingerprint density at radius 2 is 1.44 bits per heavy atom. The molecule has 3 aromatic carbocycles. The van der Waals surface area contributed by atoms with E-state index < -0.39 is 41.0 Å². The Kier molecular flexibility index (Phi) is 8.34. The molecular weight excluding hydrogens is 626 g/mol. The van der Waals surface area contributed by atoms with Gasteiger partial charge >= 0.3 is 5.92 Å². The van der Waals surface area contributed by atoms with Gasteiger partial charge in [0.15, 0.2) is 5.60 Å². The second-order valence-electron chi connectivity index (χ2n) is 12.4. The smallest absolute Gasteiger partial charge is 0.323 e. The quantitative estimate of drug-likeness (QED) is 0.191. The van der Waals surface area contributed by atoms with Crippen LogP contribution in [-0.2, 0) is 18.1 Å². The van der Waals surface area contributed by atoms with Gasteiger partial charge in [-0.1, -0.05) is 30.3 Å². The highest BCUT2D eigenvalue weighted by Gasteiger charge is 2.58. The van der Waals surface area contributed by atoms with Crippen molar-refractivity contribution in [3.8, 4) is 11.1 Å². The van der Waals surface area contributed by atoms with Crippen molar-refractivity contribution in [1.29, 1.82) is 0 Å². The molecule has 2 aromatic heterocycles. The monoisotopic (exact) mass is 659 g/mol. The summed E-state index contributed by atoms with van der Waals surface area (Å²) in [5.74, 6) is -6.07. The average Bonchev–Trinajstić information content (AvgIpc) is 3.84. The first-order valence-electron chi connectivity index (χ1n) is 15.7. The van der Waals surface area contributed by atoms with Crippen molar-refractivity contribution >= 4 is 11.4 Å². The second kappa shape index (κ2) is 12.6. The highest BCUT2D eigenvalue weighted by molar-refractivity contribution is 5.66. The summed E-state index contributed by atoms with van der Waals surface area (Å²) in [5, 5.41) is 32.1. The summed E-state index contributed by atoms with van der Waals surface area (Å²) in [6.45, 7) is 2.39. The summed E-state index contributed by atoms with van der Waals surface area (Å²) in [7, 11) is 0. The van der Waals surface area contributed by atoms with E-state index in [0.717, 1.165) is 90.7 Å². The van der Waals surface area contributed by atoms with Gasteiger partial charge in [0.1, 0.15) is 23.7 Å². The molecule has 2 fully saturated rings. The fraction of sp³-hybridized carbons (Fsp3) is 0.314. The van der Waals surface area contributed by atoms with Crippen LogP contribution >= 0.6 is 0 Å². The number of tetrazole rings is 1. The molecular formula is C35H33F4N7O2. The van der Waals surface area contributed by atoms with Crippen LogP contribution in [0.2, 0.25) is 0 Å². The molecule has 2 aliphatic rings. The molecule has 248 valence electrons. The Morgan fingerprint density at radius 1 is 0.812 bits per heavy atom. The van der Waals surface area contributed by atoms with Gasteiger partial charge in [0, 0.05) is 60.9 Å². The SMILES string of the molecule is OC(c1ccc(N2CCN(c3ccc(-c4ccc(C(F)(F)[C@](O)(Cn5cnnn5)c5ccc(F)cc5F)nc4)cc3)CC2)cc1)C1CC1. The van der Waals surface area contributed by atoms with Crippen LogP contribution in [0.4, 0.5) is 28.9 Å². The lowest BCUT2D eigenvalue weighted by Crippen LogP contribution is -2.48. The van der Waals surface area contributed by atoms with Gasteiger partial charge in [0.05, 0.1) is 12.6 Å². The lowest BCUT2D eigenvalue weighted by atomic mass is 9.84. The van der Waals surface area contributed by atoms with Gasteiger partial charge in [-0.05, 0) is 82.8 Å². The number of rotatable bonds is 10. The molecule has 13 heteroatoms. The van der Waals surface area contributed by atoms with E-state index in [-0.39, 0.29) is 6.10 Å². The number of aliphatic hydroxyl groups excluding tert-OH is 1. The van der Waals surface area contributed by atoms with Gasteiger partial charge in [-0.15, -0.1) is 5.10 Å². The molecule has 2 atom stereocenters. The van der Waals surface area contributed by atoms with E-state index in [1.165, 1.54) is 12.3 Å².